The molecule has 0 aliphatic heterocycles. The number of nitrogens with one attached hydrogen (secondary N) is 1. The van der Waals surface area contributed by atoms with Crippen LogP contribution in [0.5, 0.6) is 5.88 Å². The summed E-state index contributed by atoms with van der Waals surface area (Å²) < 4.78 is 41.1. The van der Waals surface area contributed by atoms with Crippen LogP contribution in [0.4, 0.5) is 13.2 Å². The van der Waals surface area contributed by atoms with E-state index in [1.807, 2.05) is 0 Å². The quantitative estimate of drug-likeness (QED) is 0.519. The summed E-state index contributed by atoms with van der Waals surface area (Å²) in [6.07, 6.45) is -5.54. The van der Waals surface area contributed by atoms with Crippen molar-refractivity contribution in [2.75, 3.05) is 0 Å². The number of aromatic hydroxyl groups is 1. The Labute approximate surface area is 178 Å². The first kappa shape index (κ1) is 22.2. The summed E-state index contributed by atoms with van der Waals surface area (Å²) in [4.78, 5) is 23.9. The Kier molecular flexibility index (Phi) is 6.21. The zero-order valence-corrected chi connectivity index (χ0v) is 16.4. The van der Waals surface area contributed by atoms with Gasteiger partial charge in [0.2, 0.25) is 5.88 Å². The third-order valence-corrected chi connectivity index (χ3v) is 4.65. The first-order valence-electron chi connectivity index (χ1n) is 8.80. The predicted molar refractivity (Wildman–Crippen MR) is 104 cm³/mol. The van der Waals surface area contributed by atoms with E-state index in [4.69, 9.17) is 16.7 Å². The Morgan fingerprint density at radius 3 is 2.42 bits per heavy atom. The molecule has 3 rings (SSSR count). The van der Waals surface area contributed by atoms with Gasteiger partial charge in [0, 0.05) is 6.07 Å². The van der Waals surface area contributed by atoms with Crippen LogP contribution in [-0.2, 0) is 11.0 Å². The highest BCUT2D eigenvalue weighted by Gasteiger charge is 2.36. The van der Waals surface area contributed by atoms with E-state index in [-0.39, 0.29) is 16.4 Å². The summed E-state index contributed by atoms with van der Waals surface area (Å²) in [6.45, 7) is 0. The van der Waals surface area contributed by atoms with Crippen LogP contribution < -0.4 is 5.32 Å². The lowest BCUT2D eigenvalue weighted by Gasteiger charge is -2.21. The average Bonchev–Trinajstić information content (AvgIpc) is 3.08. The van der Waals surface area contributed by atoms with Gasteiger partial charge in [-0.1, -0.05) is 41.9 Å². The number of nitrogens with zero attached hydrogens (tertiary/aromatic N) is 2. The van der Waals surface area contributed by atoms with Crippen molar-refractivity contribution in [1.82, 2.24) is 15.1 Å². The number of hydrogen-bond donors (Lipinski definition) is 3. The van der Waals surface area contributed by atoms with Gasteiger partial charge in [-0.25, -0.2) is 0 Å². The first-order valence-corrected chi connectivity index (χ1v) is 9.18. The number of hydrogen-bond acceptors (Lipinski definition) is 4. The fourth-order valence-corrected chi connectivity index (χ4v) is 3.20. The number of amides is 1. The number of alkyl halides is 3. The Balaban J connectivity index is 1.94. The lowest BCUT2D eigenvalue weighted by atomic mass is 9.97. The molecule has 0 aliphatic rings. The number of carbonyl (C=O) groups excluding carboxylic acids is 1. The Morgan fingerprint density at radius 2 is 1.77 bits per heavy atom. The molecule has 0 bridgehead atoms. The molecular formula is C20H15ClF3N3O4. The van der Waals surface area contributed by atoms with Crippen LogP contribution in [0.15, 0.2) is 54.6 Å². The number of carboxylic acids is 1. The van der Waals surface area contributed by atoms with Gasteiger partial charge in [0.1, 0.15) is 0 Å². The van der Waals surface area contributed by atoms with E-state index >= 15 is 0 Å². The van der Waals surface area contributed by atoms with E-state index in [0.717, 1.165) is 28.9 Å². The van der Waals surface area contributed by atoms with Crippen LogP contribution in [0.2, 0.25) is 5.02 Å². The molecule has 0 saturated carbocycles. The molecule has 1 heterocycles. The van der Waals surface area contributed by atoms with Crippen molar-refractivity contribution in [1.29, 1.82) is 0 Å². The largest absolute Gasteiger partial charge is 0.493 e. The van der Waals surface area contributed by atoms with Crippen LogP contribution in [-0.4, -0.2) is 31.9 Å². The highest BCUT2D eigenvalue weighted by molar-refractivity contribution is 6.32. The smallest absolute Gasteiger partial charge is 0.416 e. The van der Waals surface area contributed by atoms with Gasteiger partial charge in [0.25, 0.3) is 5.91 Å². The maximum Gasteiger partial charge on any atom is 0.416 e. The van der Waals surface area contributed by atoms with E-state index in [1.165, 1.54) is 18.2 Å². The van der Waals surface area contributed by atoms with Crippen molar-refractivity contribution in [3.63, 3.8) is 0 Å². The number of rotatable bonds is 6. The van der Waals surface area contributed by atoms with Gasteiger partial charge >= 0.3 is 12.1 Å². The van der Waals surface area contributed by atoms with E-state index in [2.05, 4.69) is 10.4 Å². The maximum absolute atomic E-state index is 13.4. The Bertz CT molecular complexity index is 1130. The second-order valence-corrected chi connectivity index (χ2v) is 6.87. The summed E-state index contributed by atoms with van der Waals surface area (Å²) >= 11 is 6.06. The molecule has 3 N–H and O–H groups in total. The number of aromatic nitrogens is 2. The number of halogens is 4. The molecule has 2 aromatic carbocycles. The van der Waals surface area contributed by atoms with Crippen molar-refractivity contribution in [3.05, 3.63) is 76.4 Å². The highest BCUT2D eigenvalue weighted by atomic mass is 35.5. The fourth-order valence-electron chi connectivity index (χ4n) is 2.99. The van der Waals surface area contributed by atoms with Gasteiger partial charge in [0.15, 0.2) is 5.69 Å². The normalized spacial score (nSPS) is 12.4. The lowest BCUT2D eigenvalue weighted by molar-refractivity contribution is -0.140. The SMILES string of the molecule is O=C(O)C[C@H](NC(=O)c1cc(O)n(-c2ccccc2Cl)n1)c1ccccc1C(F)(F)F. The topological polar surface area (TPSA) is 104 Å². The number of aliphatic carboxylic acids is 1. The summed E-state index contributed by atoms with van der Waals surface area (Å²) in [6, 6.07) is 10.2. The Hall–Kier alpha value is -3.53. The average molecular weight is 454 g/mol. The summed E-state index contributed by atoms with van der Waals surface area (Å²) in [7, 11) is 0. The minimum atomic E-state index is -4.75. The second-order valence-electron chi connectivity index (χ2n) is 6.46. The van der Waals surface area contributed by atoms with Crippen LogP contribution in [0.25, 0.3) is 5.69 Å². The number of carboxylic acid groups (broad SMARTS) is 1. The van der Waals surface area contributed by atoms with Gasteiger partial charge in [-0.2, -0.15) is 23.0 Å². The van der Waals surface area contributed by atoms with Crippen molar-refractivity contribution in [2.45, 2.75) is 18.6 Å². The molecule has 3 aromatic rings. The van der Waals surface area contributed by atoms with Crippen molar-refractivity contribution in [2.24, 2.45) is 0 Å². The van der Waals surface area contributed by atoms with Gasteiger partial charge < -0.3 is 15.5 Å². The Morgan fingerprint density at radius 1 is 1.13 bits per heavy atom. The molecule has 1 amide bonds. The molecule has 0 spiro atoms. The molecule has 31 heavy (non-hydrogen) atoms. The van der Waals surface area contributed by atoms with Gasteiger partial charge in [-0.05, 0) is 23.8 Å². The van der Waals surface area contributed by atoms with Crippen LogP contribution >= 0.6 is 11.6 Å². The fraction of sp³-hybridized carbons (Fsp3) is 0.150. The molecule has 1 atom stereocenters. The van der Waals surface area contributed by atoms with E-state index in [9.17, 15) is 27.9 Å². The number of carbonyl (C=O) groups is 2. The minimum Gasteiger partial charge on any atom is -0.493 e. The van der Waals surface area contributed by atoms with Gasteiger partial charge in [0.05, 0.1) is 28.7 Å². The van der Waals surface area contributed by atoms with Gasteiger partial charge in [-0.3, -0.25) is 9.59 Å². The van der Waals surface area contributed by atoms with Crippen LogP contribution in [0.1, 0.15) is 34.1 Å². The van der Waals surface area contributed by atoms with E-state index in [1.54, 1.807) is 12.1 Å². The molecule has 0 aliphatic carbocycles. The van der Waals surface area contributed by atoms with Crippen molar-refractivity contribution < 1.29 is 33.0 Å². The molecular weight excluding hydrogens is 439 g/mol. The predicted octanol–water partition coefficient (Wildman–Crippen LogP) is 4.20. The van der Waals surface area contributed by atoms with Crippen LogP contribution in [0.3, 0.4) is 0 Å². The molecule has 0 fully saturated rings. The zero-order chi connectivity index (χ0) is 22.8. The first-order chi connectivity index (χ1) is 14.6. The summed E-state index contributed by atoms with van der Waals surface area (Å²) in [5.41, 5.74) is -1.53. The molecule has 0 saturated heterocycles. The van der Waals surface area contributed by atoms with Crippen molar-refractivity contribution >= 4 is 23.5 Å². The second kappa shape index (κ2) is 8.68. The van der Waals surface area contributed by atoms with E-state index in [0.29, 0.717) is 0 Å². The van der Waals surface area contributed by atoms with E-state index < -0.39 is 47.5 Å². The van der Waals surface area contributed by atoms with Gasteiger partial charge in [-0.15, -0.1) is 0 Å². The molecule has 11 heteroatoms. The van der Waals surface area contributed by atoms with Crippen LogP contribution in [0, 0.1) is 0 Å². The number of benzene rings is 2. The zero-order valence-electron chi connectivity index (χ0n) is 15.6. The standard InChI is InChI=1S/C20H15ClF3N3O4/c21-13-7-3-4-8-16(13)27-17(28)9-15(26-27)19(31)25-14(10-18(29)30)11-5-1-2-6-12(11)20(22,23)24/h1-9,14,28H,10H2,(H,25,31)(H,29,30)/t14-/m0/s1. The summed E-state index contributed by atoms with van der Waals surface area (Å²) in [5.74, 6) is -2.82. The third kappa shape index (κ3) is 4.97. The highest BCUT2D eigenvalue weighted by Crippen LogP contribution is 2.35. The molecule has 0 radical (unpaired) electrons. The maximum atomic E-state index is 13.4. The summed E-state index contributed by atoms with van der Waals surface area (Å²) in [5, 5.41) is 25.7. The lowest BCUT2D eigenvalue weighted by Crippen LogP contribution is -2.32. The monoisotopic (exact) mass is 453 g/mol. The third-order valence-electron chi connectivity index (χ3n) is 4.33. The molecule has 1 aromatic heterocycles. The molecule has 0 unspecified atom stereocenters. The molecule has 162 valence electrons. The number of para-hydroxylation sites is 1. The minimum absolute atomic E-state index is 0.232. The van der Waals surface area contributed by atoms with Crippen molar-refractivity contribution in [3.8, 4) is 11.6 Å². The molecule has 7 nitrogen and oxygen atoms in total.